The van der Waals surface area contributed by atoms with Crippen LogP contribution < -0.4 is 5.32 Å². The van der Waals surface area contributed by atoms with Crippen LogP contribution in [0.1, 0.15) is 20.3 Å². The van der Waals surface area contributed by atoms with E-state index in [0.29, 0.717) is 4.75 Å². The first-order chi connectivity index (χ1) is 9.05. The molecule has 2 rings (SSSR count). The summed E-state index contributed by atoms with van der Waals surface area (Å²) in [5, 5.41) is 13.6. The largest absolute Gasteiger partial charge is 0.390 e. The molecule has 112 valence electrons. The second kappa shape index (κ2) is 7.27. The Labute approximate surface area is 121 Å². The Hall–Kier alpha value is 0.190. The summed E-state index contributed by atoms with van der Waals surface area (Å²) in [6.45, 7) is 12.8. The second-order valence-electron chi connectivity index (χ2n) is 6.36. The van der Waals surface area contributed by atoms with Gasteiger partial charge in [-0.1, -0.05) is 13.8 Å². The fourth-order valence-corrected chi connectivity index (χ4v) is 3.93. The van der Waals surface area contributed by atoms with Crippen molar-refractivity contribution in [2.75, 3.05) is 58.1 Å². The van der Waals surface area contributed by atoms with Crippen molar-refractivity contribution in [2.45, 2.75) is 31.1 Å². The predicted octanol–water partition coefficient (Wildman–Crippen LogP) is 0.470. The number of β-amino-alcohol motifs (C(OH)–C–C–N with tert-alkyl or cyclic N) is 1. The molecule has 0 spiro atoms. The molecule has 0 aromatic carbocycles. The molecule has 0 radical (unpaired) electrons. The van der Waals surface area contributed by atoms with Gasteiger partial charge in [0, 0.05) is 56.3 Å². The van der Waals surface area contributed by atoms with Gasteiger partial charge in [0.05, 0.1) is 6.10 Å². The zero-order valence-corrected chi connectivity index (χ0v) is 13.2. The summed E-state index contributed by atoms with van der Waals surface area (Å²) < 4.78 is 0.401. The van der Waals surface area contributed by atoms with Crippen molar-refractivity contribution < 1.29 is 5.11 Å². The summed E-state index contributed by atoms with van der Waals surface area (Å²) in [4.78, 5) is 4.81. The molecular formula is C14H29N3OS. The lowest BCUT2D eigenvalue weighted by atomic mass is 10.1. The predicted molar refractivity (Wildman–Crippen MR) is 82.9 cm³/mol. The van der Waals surface area contributed by atoms with Crippen LogP contribution in [0.3, 0.4) is 0 Å². The summed E-state index contributed by atoms with van der Waals surface area (Å²) in [5.41, 5.74) is 0. The smallest absolute Gasteiger partial charge is 0.0793 e. The summed E-state index contributed by atoms with van der Waals surface area (Å²) in [6.07, 6.45) is 1.02. The van der Waals surface area contributed by atoms with Gasteiger partial charge in [0.2, 0.25) is 0 Å². The molecule has 1 atom stereocenters. The molecule has 19 heavy (non-hydrogen) atoms. The van der Waals surface area contributed by atoms with Crippen molar-refractivity contribution in [3.8, 4) is 0 Å². The van der Waals surface area contributed by atoms with Crippen LogP contribution in [0.2, 0.25) is 0 Å². The van der Waals surface area contributed by atoms with Gasteiger partial charge in [-0.15, -0.1) is 0 Å². The van der Waals surface area contributed by atoms with Crippen molar-refractivity contribution in [3.05, 3.63) is 0 Å². The molecule has 2 heterocycles. The van der Waals surface area contributed by atoms with Gasteiger partial charge >= 0.3 is 0 Å². The number of aliphatic hydroxyl groups excluding tert-OH is 1. The van der Waals surface area contributed by atoms with Crippen molar-refractivity contribution in [2.24, 2.45) is 0 Å². The zero-order valence-electron chi connectivity index (χ0n) is 12.4. The summed E-state index contributed by atoms with van der Waals surface area (Å²) >= 11 is 2.07. The third-order valence-electron chi connectivity index (χ3n) is 4.08. The van der Waals surface area contributed by atoms with Crippen molar-refractivity contribution in [1.82, 2.24) is 15.1 Å². The van der Waals surface area contributed by atoms with Gasteiger partial charge in [-0.3, -0.25) is 9.80 Å². The van der Waals surface area contributed by atoms with Gasteiger partial charge in [0.1, 0.15) is 0 Å². The molecule has 2 fully saturated rings. The molecule has 0 aromatic heterocycles. The zero-order chi connectivity index (χ0) is 13.7. The lowest BCUT2D eigenvalue weighted by Crippen LogP contribution is -2.48. The van der Waals surface area contributed by atoms with Crippen LogP contribution in [0.25, 0.3) is 0 Å². The minimum Gasteiger partial charge on any atom is -0.390 e. The Morgan fingerprint density at radius 1 is 1.11 bits per heavy atom. The number of thioether (sulfide) groups is 1. The third-order valence-corrected chi connectivity index (χ3v) is 5.45. The fraction of sp³-hybridized carbons (Fsp3) is 1.00. The van der Waals surface area contributed by atoms with E-state index in [1.54, 1.807) is 0 Å². The van der Waals surface area contributed by atoms with Gasteiger partial charge < -0.3 is 10.4 Å². The molecule has 1 unspecified atom stereocenters. The molecule has 0 aromatic rings. The number of piperazine rings is 1. The minimum atomic E-state index is -0.204. The van der Waals surface area contributed by atoms with Crippen LogP contribution in [-0.2, 0) is 0 Å². The van der Waals surface area contributed by atoms with E-state index in [0.717, 1.165) is 52.4 Å². The number of aliphatic hydroxyl groups is 1. The van der Waals surface area contributed by atoms with Gasteiger partial charge in [-0.25, -0.2) is 0 Å². The van der Waals surface area contributed by atoms with E-state index >= 15 is 0 Å². The van der Waals surface area contributed by atoms with Crippen molar-refractivity contribution >= 4 is 11.8 Å². The quantitative estimate of drug-likeness (QED) is 0.786. The van der Waals surface area contributed by atoms with E-state index in [1.807, 2.05) is 0 Å². The summed E-state index contributed by atoms with van der Waals surface area (Å²) in [6, 6.07) is 0. The van der Waals surface area contributed by atoms with Crippen LogP contribution >= 0.6 is 11.8 Å². The van der Waals surface area contributed by atoms with Crippen LogP contribution in [0.4, 0.5) is 0 Å². The third kappa shape index (κ3) is 5.60. The van der Waals surface area contributed by atoms with Crippen LogP contribution in [0.5, 0.6) is 0 Å². The highest BCUT2D eigenvalue weighted by Crippen LogP contribution is 2.30. The van der Waals surface area contributed by atoms with E-state index in [4.69, 9.17) is 0 Å². The number of nitrogens with one attached hydrogen (secondary N) is 1. The Bertz CT molecular complexity index is 269. The van der Waals surface area contributed by atoms with Crippen molar-refractivity contribution in [1.29, 1.82) is 0 Å². The lowest BCUT2D eigenvalue weighted by molar-refractivity contribution is 0.0709. The summed E-state index contributed by atoms with van der Waals surface area (Å²) in [5.74, 6) is 1.19. The standard InChI is InChI=1S/C14H29N3OS/c1-14(2)3-6-16(9-10-19-14)11-13(18)12-17-7-4-15-5-8-17/h13,15,18H,3-12H2,1-2H3. The molecule has 2 saturated heterocycles. The van der Waals surface area contributed by atoms with Crippen molar-refractivity contribution in [3.63, 3.8) is 0 Å². The molecule has 0 aliphatic carbocycles. The molecule has 0 saturated carbocycles. The fourth-order valence-electron chi connectivity index (χ4n) is 2.79. The topological polar surface area (TPSA) is 38.7 Å². The van der Waals surface area contributed by atoms with E-state index < -0.39 is 0 Å². The summed E-state index contributed by atoms with van der Waals surface area (Å²) in [7, 11) is 0. The molecule has 2 aliphatic rings. The van der Waals surface area contributed by atoms with Gasteiger partial charge in [-0.2, -0.15) is 11.8 Å². The molecule has 2 aliphatic heterocycles. The molecule has 0 bridgehead atoms. The molecule has 0 amide bonds. The number of hydrogen-bond acceptors (Lipinski definition) is 5. The monoisotopic (exact) mass is 287 g/mol. The highest BCUT2D eigenvalue weighted by Gasteiger charge is 2.25. The number of rotatable bonds is 4. The van der Waals surface area contributed by atoms with E-state index in [9.17, 15) is 5.11 Å². The Balaban J connectivity index is 1.70. The number of nitrogens with zero attached hydrogens (tertiary/aromatic N) is 2. The molecule has 5 heteroatoms. The Morgan fingerprint density at radius 3 is 2.42 bits per heavy atom. The maximum absolute atomic E-state index is 10.3. The number of hydrogen-bond donors (Lipinski definition) is 2. The maximum atomic E-state index is 10.3. The first kappa shape index (κ1) is 15.6. The van der Waals surface area contributed by atoms with Crippen LogP contribution in [0.15, 0.2) is 0 Å². The van der Waals surface area contributed by atoms with Crippen LogP contribution in [-0.4, -0.2) is 83.9 Å². The first-order valence-electron chi connectivity index (χ1n) is 7.53. The van der Waals surface area contributed by atoms with E-state index in [-0.39, 0.29) is 6.10 Å². The molecule has 2 N–H and O–H groups in total. The Morgan fingerprint density at radius 2 is 1.74 bits per heavy atom. The van der Waals surface area contributed by atoms with Gasteiger partial charge in [0.25, 0.3) is 0 Å². The molecular weight excluding hydrogens is 258 g/mol. The highest BCUT2D eigenvalue weighted by molar-refractivity contribution is 8.00. The average molecular weight is 287 g/mol. The average Bonchev–Trinajstić information content (AvgIpc) is 2.52. The normalized spacial score (nSPS) is 27.9. The van der Waals surface area contributed by atoms with E-state index in [1.165, 1.54) is 12.2 Å². The maximum Gasteiger partial charge on any atom is 0.0793 e. The highest BCUT2D eigenvalue weighted by atomic mass is 32.2. The van der Waals surface area contributed by atoms with Gasteiger partial charge in [-0.05, 0) is 13.0 Å². The second-order valence-corrected chi connectivity index (χ2v) is 8.17. The lowest BCUT2D eigenvalue weighted by Gasteiger charge is -2.31. The van der Waals surface area contributed by atoms with Gasteiger partial charge in [0.15, 0.2) is 0 Å². The SMILES string of the molecule is CC1(C)CCN(CC(O)CN2CCNCC2)CCS1. The first-order valence-corrected chi connectivity index (χ1v) is 8.51. The molecule has 4 nitrogen and oxygen atoms in total. The Kier molecular flexibility index (Phi) is 5.96. The van der Waals surface area contributed by atoms with Crippen LogP contribution in [0, 0.1) is 0 Å². The minimum absolute atomic E-state index is 0.204. The van der Waals surface area contributed by atoms with E-state index in [2.05, 4.69) is 40.7 Å².